The average Bonchev–Trinajstić information content (AvgIpc) is 3.10. The number of aliphatic hydroxyl groups excluding tert-OH is 9. The lowest BCUT2D eigenvalue weighted by Crippen LogP contribution is -2.67. The quantitative estimate of drug-likeness (QED) is 0.0484. The summed E-state index contributed by atoms with van der Waals surface area (Å²) in [7, 11) is -1.44. The van der Waals surface area contributed by atoms with Crippen LogP contribution in [0.5, 0.6) is 0 Å². The predicted octanol–water partition coefficient (Wildman–Crippen LogP) is -1.14. The minimum atomic E-state index is -1.91. The van der Waals surface area contributed by atoms with Gasteiger partial charge >= 0.3 is 0 Å². The van der Waals surface area contributed by atoms with E-state index in [1.807, 2.05) is 13.8 Å². The lowest BCUT2D eigenvalue weighted by atomic mass is 9.72. The van der Waals surface area contributed by atoms with E-state index in [0.29, 0.717) is 13.0 Å². The van der Waals surface area contributed by atoms with Crippen molar-refractivity contribution in [3.05, 3.63) is 12.7 Å². The van der Waals surface area contributed by atoms with Gasteiger partial charge in [-0.05, 0) is 30.1 Å². The normalized spacial score (nSPS) is 38.5. The first kappa shape index (κ1) is 48.8. The van der Waals surface area contributed by atoms with Gasteiger partial charge < -0.3 is 88.5 Å². The summed E-state index contributed by atoms with van der Waals surface area (Å²) in [5, 5.41) is 96.7. The molecular formula is C36H67O18P. The molecule has 0 aromatic carbocycles. The van der Waals surface area contributed by atoms with Gasteiger partial charge in [0, 0.05) is 12.1 Å². The molecule has 0 aromatic heterocycles. The zero-order chi connectivity index (χ0) is 41.5. The maximum atomic E-state index is 11.4. The first-order valence-corrected chi connectivity index (χ1v) is 20.4. The molecule has 3 rings (SSSR count). The van der Waals surface area contributed by atoms with E-state index in [1.54, 1.807) is 12.7 Å². The summed E-state index contributed by atoms with van der Waals surface area (Å²) in [4.78, 5) is 9.48. The van der Waals surface area contributed by atoms with Gasteiger partial charge in [-0.15, -0.1) is 6.58 Å². The summed E-state index contributed by atoms with van der Waals surface area (Å²) in [6, 6.07) is 0. The molecule has 10 N–H and O–H groups in total. The fourth-order valence-corrected chi connectivity index (χ4v) is 7.38. The molecule has 0 aliphatic carbocycles. The van der Waals surface area contributed by atoms with Crippen LogP contribution >= 0.6 is 8.38 Å². The van der Waals surface area contributed by atoms with Crippen LogP contribution in [-0.4, -0.2) is 189 Å². The lowest BCUT2D eigenvalue weighted by molar-refractivity contribution is -0.381. The molecule has 3 fully saturated rings. The number of hydrogen-bond acceptors (Lipinski definition) is 18. The minimum Gasteiger partial charge on any atom is -0.394 e. The van der Waals surface area contributed by atoms with Crippen molar-refractivity contribution < 1.29 is 88.5 Å². The van der Waals surface area contributed by atoms with E-state index in [4.69, 9.17) is 37.7 Å². The zero-order valence-electron chi connectivity index (χ0n) is 33.0. The Kier molecular flexibility index (Phi) is 18.7. The van der Waals surface area contributed by atoms with Crippen LogP contribution in [0.25, 0.3) is 0 Å². The van der Waals surface area contributed by atoms with Gasteiger partial charge in [-0.3, -0.25) is 0 Å². The summed E-state index contributed by atoms with van der Waals surface area (Å²) in [6.45, 7) is 16.4. The summed E-state index contributed by atoms with van der Waals surface area (Å²) in [5.74, 6) is 0. The monoisotopic (exact) mass is 818 g/mol. The van der Waals surface area contributed by atoms with Gasteiger partial charge in [-0.2, -0.15) is 0 Å². The van der Waals surface area contributed by atoms with Gasteiger partial charge in [0.2, 0.25) is 0 Å². The van der Waals surface area contributed by atoms with E-state index >= 15 is 0 Å². The molecule has 55 heavy (non-hydrogen) atoms. The van der Waals surface area contributed by atoms with Crippen LogP contribution in [0.1, 0.15) is 60.8 Å². The van der Waals surface area contributed by atoms with Crippen LogP contribution < -0.4 is 0 Å². The van der Waals surface area contributed by atoms with Crippen molar-refractivity contribution in [1.82, 2.24) is 0 Å². The van der Waals surface area contributed by atoms with E-state index in [9.17, 15) is 50.9 Å². The lowest BCUT2D eigenvalue weighted by Gasteiger charge is -2.48. The average molecular weight is 819 g/mol. The fraction of sp³-hybridized carbons (Fsp3) is 0.944. The SMILES string of the molecule is C=CC(C)(C)COCC1OC(OC2C(O)C(CO)OC(OC3C(O)C(CO)OC(OCCC(C)(C)CC(C)(C)CCOP(C)O)C3O)C2O)C(O)C(O)C1O. The van der Waals surface area contributed by atoms with E-state index in [1.165, 1.54) is 0 Å². The second-order valence-corrected chi connectivity index (χ2v) is 18.2. The van der Waals surface area contributed by atoms with Gasteiger partial charge in [0.05, 0.1) is 39.6 Å². The number of aliphatic hydroxyl groups is 9. The maximum Gasteiger partial charge on any atom is 0.187 e. The van der Waals surface area contributed by atoms with Crippen LogP contribution in [0.4, 0.5) is 0 Å². The van der Waals surface area contributed by atoms with Crippen molar-refractivity contribution in [2.75, 3.05) is 46.3 Å². The molecule has 0 bridgehead atoms. The molecular weight excluding hydrogens is 751 g/mol. The molecule has 324 valence electrons. The maximum absolute atomic E-state index is 11.4. The third-order valence-electron chi connectivity index (χ3n) is 10.3. The van der Waals surface area contributed by atoms with Crippen molar-refractivity contribution >= 4 is 8.38 Å². The Bertz CT molecular complexity index is 1150. The van der Waals surface area contributed by atoms with E-state index < -0.39 is 119 Å². The number of hydrogen-bond donors (Lipinski definition) is 10. The molecule has 3 saturated heterocycles. The molecule has 19 heteroatoms. The van der Waals surface area contributed by atoms with Crippen molar-refractivity contribution in [2.45, 2.75) is 153 Å². The summed E-state index contributed by atoms with van der Waals surface area (Å²) in [5.41, 5.74) is -0.775. The molecule has 0 amide bonds. The highest BCUT2D eigenvalue weighted by atomic mass is 31.2. The Morgan fingerprint density at radius 2 is 1.11 bits per heavy atom. The molecule has 3 aliphatic heterocycles. The van der Waals surface area contributed by atoms with Crippen molar-refractivity contribution in [3.63, 3.8) is 0 Å². The molecule has 16 atom stereocenters. The number of ether oxygens (including phenoxy) is 7. The Morgan fingerprint density at radius 3 is 1.62 bits per heavy atom. The van der Waals surface area contributed by atoms with Crippen LogP contribution in [0, 0.1) is 16.2 Å². The number of rotatable bonds is 21. The van der Waals surface area contributed by atoms with Gasteiger partial charge in [-0.25, -0.2) is 0 Å². The summed E-state index contributed by atoms with van der Waals surface area (Å²) < 4.78 is 45.6. The van der Waals surface area contributed by atoms with Crippen LogP contribution in [0.15, 0.2) is 12.7 Å². The third-order valence-corrected chi connectivity index (χ3v) is 10.8. The Labute approximate surface area is 324 Å². The van der Waals surface area contributed by atoms with Crippen molar-refractivity contribution in [3.8, 4) is 0 Å². The minimum absolute atomic E-state index is 0.110. The van der Waals surface area contributed by atoms with Crippen LogP contribution in [-0.2, 0) is 37.7 Å². The van der Waals surface area contributed by atoms with E-state index in [2.05, 4.69) is 34.3 Å². The Balaban J connectivity index is 1.70. The third kappa shape index (κ3) is 13.7. The second kappa shape index (κ2) is 21.1. The highest BCUT2D eigenvalue weighted by Gasteiger charge is 2.54. The fourth-order valence-electron chi connectivity index (χ4n) is 7.03. The smallest absolute Gasteiger partial charge is 0.187 e. The highest BCUT2D eigenvalue weighted by Crippen LogP contribution is 2.40. The largest absolute Gasteiger partial charge is 0.394 e. The van der Waals surface area contributed by atoms with Crippen LogP contribution in [0.2, 0.25) is 0 Å². The summed E-state index contributed by atoms with van der Waals surface area (Å²) in [6.07, 6.45) is -20.6. The molecule has 0 saturated carbocycles. The molecule has 0 aromatic rings. The zero-order valence-corrected chi connectivity index (χ0v) is 33.9. The van der Waals surface area contributed by atoms with Crippen molar-refractivity contribution in [2.24, 2.45) is 16.2 Å². The standard InChI is InChI=1S/C36H67O18P/c1-9-34(2,3)18-47-16-21-22(39)25(42)26(43)32(52-21)53-30-24(41)20(15-38)51-33(28(30)45)54-29-23(40)19(14-37)50-31(27(29)44)48-12-10-35(4,5)17-36(6,7)11-13-49-55(8)46/h9,19-33,37-46H,1,10-18H2,2-8H3. The van der Waals surface area contributed by atoms with E-state index in [-0.39, 0.29) is 30.7 Å². The highest BCUT2D eigenvalue weighted by molar-refractivity contribution is 7.45. The second-order valence-electron chi connectivity index (χ2n) is 17.0. The van der Waals surface area contributed by atoms with Gasteiger partial charge in [0.1, 0.15) is 73.2 Å². The predicted molar refractivity (Wildman–Crippen MR) is 195 cm³/mol. The van der Waals surface area contributed by atoms with Gasteiger partial charge in [0.25, 0.3) is 0 Å². The molecule has 3 heterocycles. The Hall–Kier alpha value is -0.550. The molecule has 0 radical (unpaired) electrons. The van der Waals surface area contributed by atoms with Gasteiger partial charge in [-0.1, -0.05) is 47.6 Å². The van der Waals surface area contributed by atoms with Crippen LogP contribution in [0.3, 0.4) is 0 Å². The molecule has 0 spiro atoms. The Morgan fingerprint density at radius 1 is 0.636 bits per heavy atom. The first-order valence-electron chi connectivity index (χ1n) is 18.7. The first-order chi connectivity index (χ1) is 25.6. The topological polar surface area (TPSA) is 276 Å². The van der Waals surface area contributed by atoms with E-state index in [0.717, 1.165) is 12.8 Å². The molecule has 3 aliphatic rings. The van der Waals surface area contributed by atoms with Gasteiger partial charge in [0.15, 0.2) is 27.2 Å². The van der Waals surface area contributed by atoms with Crippen molar-refractivity contribution in [1.29, 1.82) is 0 Å². The molecule has 18 nitrogen and oxygen atoms in total. The summed E-state index contributed by atoms with van der Waals surface area (Å²) >= 11 is 0. The molecule has 16 unspecified atom stereocenters.